The fraction of sp³-hybridized carbons (Fsp3) is 0.350. The number of nitrogens with zero attached hydrogens (tertiary/aromatic N) is 1. The molecule has 0 saturated carbocycles. The predicted molar refractivity (Wildman–Crippen MR) is 108 cm³/mol. The highest BCUT2D eigenvalue weighted by molar-refractivity contribution is 7.89. The maximum Gasteiger partial charge on any atom is 0.243 e. The van der Waals surface area contributed by atoms with E-state index in [0.717, 1.165) is 24.0 Å². The number of nitrogens with one attached hydrogen (secondary N) is 1. The van der Waals surface area contributed by atoms with E-state index in [9.17, 15) is 13.2 Å². The van der Waals surface area contributed by atoms with Crippen molar-refractivity contribution in [3.05, 3.63) is 58.6 Å². The Morgan fingerprint density at radius 1 is 1.11 bits per heavy atom. The van der Waals surface area contributed by atoms with Gasteiger partial charge in [-0.3, -0.25) is 4.79 Å². The van der Waals surface area contributed by atoms with Gasteiger partial charge in [0, 0.05) is 17.3 Å². The van der Waals surface area contributed by atoms with Crippen LogP contribution in [0.15, 0.2) is 47.4 Å². The Hall–Kier alpha value is -1.89. The number of hydrogen-bond acceptors (Lipinski definition) is 3. The average molecular weight is 407 g/mol. The van der Waals surface area contributed by atoms with Crippen LogP contribution in [0.4, 0.5) is 5.69 Å². The van der Waals surface area contributed by atoms with Crippen LogP contribution in [0.5, 0.6) is 0 Å². The molecule has 1 fully saturated rings. The number of carbonyl (C=O) groups is 1. The number of hydrogen-bond donors (Lipinski definition) is 1. The van der Waals surface area contributed by atoms with Crippen LogP contribution in [-0.2, 0) is 14.8 Å². The topological polar surface area (TPSA) is 66.5 Å². The van der Waals surface area contributed by atoms with E-state index < -0.39 is 16.1 Å². The number of sulfonamides is 1. The molecule has 2 aromatic rings. The molecule has 0 aliphatic carbocycles. The molecule has 1 heterocycles. The summed E-state index contributed by atoms with van der Waals surface area (Å²) in [4.78, 5) is 13.1. The van der Waals surface area contributed by atoms with E-state index in [2.05, 4.69) is 5.32 Å². The van der Waals surface area contributed by atoms with Gasteiger partial charge in [0.25, 0.3) is 0 Å². The fourth-order valence-electron chi connectivity index (χ4n) is 3.28. The van der Waals surface area contributed by atoms with Gasteiger partial charge in [0.15, 0.2) is 0 Å². The van der Waals surface area contributed by atoms with E-state index in [-0.39, 0.29) is 10.8 Å². The van der Waals surface area contributed by atoms with Gasteiger partial charge < -0.3 is 5.32 Å². The van der Waals surface area contributed by atoms with Crippen LogP contribution in [0.1, 0.15) is 30.4 Å². The van der Waals surface area contributed by atoms with Gasteiger partial charge in [0.1, 0.15) is 6.04 Å². The van der Waals surface area contributed by atoms with Crippen LogP contribution in [0, 0.1) is 13.8 Å². The van der Waals surface area contributed by atoms with Crippen molar-refractivity contribution < 1.29 is 13.2 Å². The van der Waals surface area contributed by atoms with Gasteiger partial charge in [-0.05, 0) is 62.6 Å². The van der Waals surface area contributed by atoms with Crippen molar-refractivity contribution >= 4 is 33.2 Å². The monoisotopic (exact) mass is 406 g/mol. The molecular weight excluding hydrogens is 384 g/mol. The Labute approximate surface area is 165 Å². The summed E-state index contributed by atoms with van der Waals surface area (Å²) in [6.07, 6.45) is 2.07. The summed E-state index contributed by atoms with van der Waals surface area (Å²) in [5.41, 5.74) is 2.46. The van der Waals surface area contributed by atoms with Crippen molar-refractivity contribution in [2.45, 2.75) is 44.0 Å². The maximum atomic E-state index is 13.1. The molecular formula is C20H23ClN2O3S. The van der Waals surface area contributed by atoms with Crippen LogP contribution in [0.3, 0.4) is 0 Å². The third-order valence-electron chi connectivity index (χ3n) is 4.83. The van der Waals surface area contributed by atoms with Crippen molar-refractivity contribution in [1.29, 1.82) is 0 Å². The second-order valence-electron chi connectivity index (χ2n) is 6.89. The van der Waals surface area contributed by atoms with Crippen molar-refractivity contribution in [3.8, 4) is 0 Å². The lowest BCUT2D eigenvalue weighted by molar-refractivity contribution is -0.120. The summed E-state index contributed by atoms with van der Waals surface area (Å²) in [5.74, 6) is -0.309. The lowest BCUT2D eigenvalue weighted by atomic mass is 10.0. The number of benzene rings is 2. The average Bonchev–Trinajstić information content (AvgIpc) is 2.64. The van der Waals surface area contributed by atoms with Crippen LogP contribution in [0.2, 0.25) is 5.02 Å². The molecule has 2 aromatic carbocycles. The van der Waals surface area contributed by atoms with E-state index in [1.165, 1.54) is 4.31 Å². The Bertz CT molecular complexity index is 942. The lowest BCUT2D eigenvalue weighted by Crippen LogP contribution is -2.49. The summed E-state index contributed by atoms with van der Waals surface area (Å²) in [6.45, 7) is 4.10. The van der Waals surface area contributed by atoms with Crippen LogP contribution in [-0.4, -0.2) is 31.2 Å². The summed E-state index contributed by atoms with van der Waals surface area (Å²) < 4.78 is 27.5. The molecule has 0 spiro atoms. The quantitative estimate of drug-likeness (QED) is 0.829. The number of amides is 1. The molecule has 27 heavy (non-hydrogen) atoms. The first-order valence-corrected chi connectivity index (χ1v) is 10.8. The van der Waals surface area contributed by atoms with Crippen molar-refractivity contribution in [1.82, 2.24) is 4.31 Å². The van der Waals surface area contributed by atoms with Crippen molar-refractivity contribution in [2.75, 3.05) is 11.9 Å². The van der Waals surface area contributed by atoms with Crippen LogP contribution in [0.25, 0.3) is 0 Å². The largest absolute Gasteiger partial charge is 0.324 e. The zero-order valence-electron chi connectivity index (χ0n) is 15.4. The number of piperidine rings is 1. The number of anilines is 1. The SMILES string of the molecule is Cc1ccc(S(=O)(=O)N2CCCCC2C(=O)Nc2ccc(Cl)cc2C)cc1. The Kier molecular flexibility index (Phi) is 5.89. The second kappa shape index (κ2) is 8.00. The zero-order chi connectivity index (χ0) is 19.6. The summed E-state index contributed by atoms with van der Waals surface area (Å²) in [5, 5.41) is 3.46. The van der Waals surface area contributed by atoms with Gasteiger partial charge in [-0.2, -0.15) is 4.31 Å². The highest BCUT2D eigenvalue weighted by Crippen LogP contribution is 2.27. The van der Waals surface area contributed by atoms with E-state index in [1.807, 2.05) is 13.8 Å². The van der Waals surface area contributed by atoms with E-state index in [1.54, 1.807) is 42.5 Å². The van der Waals surface area contributed by atoms with Gasteiger partial charge >= 0.3 is 0 Å². The first-order chi connectivity index (χ1) is 12.8. The fourth-order valence-corrected chi connectivity index (χ4v) is 5.17. The Morgan fingerprint density at radius 3 is 2.48 bits per heavy atom. The highest BCUT2D eigenvalue weighted by Gasteiger charge is 2.37. The van der Waals surface area contributed by atoms with Crippen LogP contribution >= 0.6 is 11.6 Å². The minimum absolute atomic E-state index is 0.218. The predicted octanol–water partition coefficient (Wildman–Crippen LogP) is 4.14. The molecule has 1 aliphatic heterocycles. The van der Waals surface area contributed by atoms with Gasteiger partial charge in [-0.25, -0.2) is 8.42 Å². The molecule has 1 aliphatic rings. The summed E-state index contributed by atoms with van der Waals surface area (Å²) >= 11 is 5.96. The first-order valence-electron chi connectivity index (χ1n) is 8.94. The van der Waals surface area contributed by atoms with Gasteiger partial charge in [-0.15, -0.1) is 0 Å². The molecule has 1 unspecified atom stereocenters. The molecule has 5 nitrogen and oxygen atoms in total. The lowest BCUT2D eigenvalue weighted by Gasteiger charge is -2.33. The molecule has 0 aromatic heterocycles. The first kappa shape index (κ1) is 19.9. The van der Waals surface area contributed by atoms with E-state index in [0.29, 0.717) is 23.7 Å². The molecule has 0 bridgehead atoms. The molecule has 1 atom stereocenters. The smallest absolute Gasteiger partial charge is 0.243 e. The zero-order valence-corrected chi connectivity index (χ0v) is 17.0. The number of aryl methyl sites for hydroxylation is 2. The van der Waals surface area contributed by atoms with Crippen molar-refractivity contribution in [3.63, 3.8) is 0 Å². The van der Waals surface area contributed by atoms with Gasteiger partial charge in [0.2, 0.25) is 15.9 Å². The molecule has 0 radical (unpaired) electrons. The number of carbonyl (C=O) groups excluding carboxylic acids is 1. The molecule has 7 heteroatoms. The van der Waals surface area contributed by atoms with E-state index in [4.69, 9.17) is 11.6 Å². The third-order valence-corrected chi connectivity index (χ3v) is 6.99. The van der Waals surface area contributed by atoms with Crippen LogP contribution < -0.4 is 5.32 Å². The van der Waals surface area contributed by atoms with Gasteiger partial charge in [0.05, 0.1) is 4.90 Å². The molecule has 1 N–H and O–H groups in total. The molecule has 1 amide bonds. The van der Waals surface area contributed by atoms with Gasteiger partial charge in [-0.1, -0.05) is 35.7 Å². The minimum atomic E-state index is -3.73. The van der Waals surface area contributed by atoms with Crippen molar-refractivity contribution in [2.24, 2.45) is 0 Å². The summed E-state index contributed by atoms with van der Waals surface area (Å²) in [7, 11) is -3.73. The number of halogens is 1. The number of rotatable bonds is 4. The second-order valence-corrected chi connectivity index (χ2v) is 9.22. The van der Waals surface area contributed by atoms with E-state index >= 15 is 0 Å². The minimum Gasteiger partial charge on any atom is -0.324 e. The Morgan fingerprint density at radius 2 is 1.81 bits per heavy atom. The molecule has 1 saturated heterocycles. The standard InChI is InChI=1S/C20H23ClN2O3S/c1-14-6-9-17(10-7-14)27(25,26)23-12-4-3-5-19(23)20(24)22-18-11-8-16(21)13-15(18)2/h6-11,13,19H,3-5,12H2,1-2H3,(H,22,24). The third kappa shape index (κ3) is 4.34. The molecule has 3 rings (SSSR count). The highest BCUT2D eigenvalue weighted by atomic mass is 35.5. The Balaban J connectivity index is 1.86. The maximum absolute atomic E-state index is 13.1. The summed E-state index contributed by atoms with van der Waals surface area (Å²) in [6, 6.07) is 11.2. The molecule has 144 valence electrons. The normalized spacial score (nSPS) is 18.3.